The predicted molar refractivity (Wildman–Crippen MR) is 67.0 cm³/mol. The first kappa shape index (κ1) is 11.6. The second-order valence-electron chi connectivity index (χ2n) is 5.03. The van der Waals surface area contributed by atoms with Crippen molar-refractivity contribution in [2.45, 2.75) is 32.8 Å². The van der Waals surface area contributed by atoms with Crippen molar-refractivity contribution in [2.75, 3.05) is 20.2 Å². The molecule has 1 fully saturated rings. The first-order valence-corrected chi connectivity index (χ1v) is 5.89. The topological polar surface area (TPSA) is 21.3 Å². The summed E-state index contributed by atoms with van der Waals surface area (Å²) in [5, 5.41) is 3.29. The maximum atomic E-state index is 5.64. The normalized spacial score (nSPS) is 18.2. The summed E-state index contributed by atoms with van der Waals surface area (Å²) < 4.78 is 5.64. The zero-order valence-electron chi connectivity index (χ0n) is 10.7. The molecule has 1 aromatic carbocycles. The van der Waals surface area contributed by atoms with E-state index in [4.69, 9.17) is 4.74 Å². The summed E-state index contributed by atoms with van der Waals surface area (Å²) in [6.45, 7) is 8.48. The Hall–Kier alpha value is -0.860. The van der Waals surface area contributed by atoms with Crippen molar-refractivity contribution in [3.63, 3.8) is 0 Å². The maximum Gasteiger partial charge on any atom is 0.0966 e. The van der Waals surface area contributed by atoms with Gasteiger partial charge in [0.25, 0.3) is 0 Å². The van der Waals surface area contributed by atoms with E-state index in [9.17, 15) is 0 Å². The van der Waals surface area contributed by atoms with Gasteiger partial charge in [-0.2, -0.15) is 0 Å². The maximum absolute atomic E-state index is 5.64. The molecule has 0 spiro atoms. The van der Waals surface area contributed by atoms with Crippen molar-refractivity contribution in [1.29, 1.82) is 0 Å². The highest BCUT2D eigenvalue weighted by Gasteiger charge is 2.37. The van der Waals surface area contributed by atoms with Crippen molar-refractivity contribution in [3.05, 3.63) is 34.4 Å². The third-order valence-corrected chi connectivity index (χ3v) is 3.79. The van der Waals surface area contributed by atoms with Gasteiger partial charge in [-0.05, 0) is 43.0 Å². The lowest BCUT2D eigenvalue weighted by molar-refractivity contribution is -0.0503. The van der Waals surface area contributed by atoms with Gasteiger partial charge >= 0.3 is 0 Å². The molecule has 1 N–H and O–H groups in total. The quantitative estimate of drug-likeness (QED) is 0.841. The van der Waals surface area contributed by atoms with Crippen LogP contribution in [-0.2, 0) is 11.2 Å². The van der Waals surface area contributed by atoms with Gasteiger partial charge in [-0.1, -0.05) is 12.1 Å². The molecule has 0 amide bonds. The van der Waals surface area contributed by atoms with Gasteiger partial charge in [-0.15, -0.1) is 0 Å². The predicted octanol–water partition coefficient (Wildman–Crippen LogP) is 2.14. The van der Waals surface area contributed by atoms with Gasteiger partial charge in [-0.3, -0.25) is 0 Å². The van der Waals surface area contributed by atoms with Gasteiger partial charge in [0, 0.05) is 26.6 Å². The van der Waals surface area contributed by atoms with E-state index in [0.717, 1.165) is 19.5 Å². The molecule has 1 aliphatic heterocycles. The van der Waals surface area contributed by atoms with Crippen LogP contribution in [0.4, 0.5) is 0 Å². The van der Waals surface area contributed by atoms with E-state index in [-0.39, 0.29) is 5.60 Å². The minimum Gasteiger partial charge on any atom is -0.375 e. The van der Waals surface area contributed by atoms with Crippen LogP contribution in [0.2, 0.25) is 0 Å². The van der Waals surface area contributed by atoms with Crippen LogP contribution in [-0.4, -0.2) is 25.8 Å². The fourth-order valence-corrected chi connectivity index (χ4v) is 2.30. The van der Waals surface area contributed by atoms with Crippen LogP contribution < -0.4 is 5.32 Å². The molecule has 1 aliphatic rings. The molecule has 0 aromatic heterocycles. The Morgan fingerprint density at radius 1 is 1.12 bits per heavy atom. The average Bonchev–Trinajstić information content (AvgIpc) is 2.19. The summed E-state index contributed by atoms with van der Waals surface area (Å²) in [6, 6.07) is 4.59. The molecule has 0 atom stereocenters. The molecule has 0 unspecified atom stereocenters. The van der Waals surface area contributed by atoms with E-state index in [2.05, 4.69) is 38.2 Å². The summed E-state index contributed by atoms with van der Waals surface area (Å²) in [6.07, 6.45) is 1.02. The van der Waals surface area contributed by atoms with Gasteiger partial charge in [0.05, 0.1) is 5.60 Å². The highest BCUT2D eigenvalue weighted by Crippen LogP contribution is 2.25. The SMILES string of the molecule is COC1(Cc2cc(C)c(C)cc2C)CNC1. The van der Waals surface area contributed by atoms with Gasteiger partial charge in [0.15, 0.2) is 0 Å². The van der Waals surface area contributed by atoms with Crippen molar-refractivity contribution in [1.82, 2.24) is 5.32 Å². The fourth-order valence-electron chi connectivity index (χ4n) is 2.30. The summed E-state index contributed by atoms with van der Waals surface area (Å²) in [4.78, 5) is 0. The molecule has 0 bridgehead atoms. The van der Waals surface area contributed by atoms with Crippen LogP contribution in [0.5, 0.6) is 0 Å². The molecule has 1 saturated heterocycles. The van der Waals surface area contributed by atoms with E-state index in [0.29, 0.717) is 0 Å². The first-order valence-electron chi connectivity index (χ1n) is 5.89. The highest BCUT2D eigenvalue weighted by atomic mass is 16.5. The molecule has 2 rings (SSSR count). The average molecular weight is 219 g/mol. The van der Waals surface area contributed by atoms with Crippen molar-refractivity contribution in [3.8, 4) is 0 Å². The Bertz CT molecular complexity index is 388. The smallest absolute Gasteiger partial charge is 0.0966 e. The number of hydrogen-bond donors (Lipinski definition) is 1. The van der Waals surface area contributed by atoms with Gasteiger partial charge in [-0.25, -0.2) is 0 Å². The number of hydrogen-bond acceptors (Lipinski definition) is 2. The molecule has 2 nitrogen and oxygen atoms in total. The molecule has 88 valence electrons. The first-order chi connectivity index (χ1) is 7.56. The number of rotatable bonds is 3. The molecule has 1 aromatic rings. The summed E-state index contributed by atoms with van der Waals surface area (Å²) in [7, 11) is 1.82. The Kier molecular flexibility index (Phi) is 3.04. The van der Waals surface area contributed by atoms with Crippen LogP contribution in [0.15, 0.2) is 12.1 Å². The number of ether oxygens (including phenoxy) is 1. The molecule has 0 aliphatic carbocycles. The number of benzene rings is 1. The zero-order valence-corrected chi connectivity index (χ0v) is 10.7. The van der Waals surface area contributed by atoms with E-state index in [1.165, 1.54) is 22.3 Å². The van der Waals surface area contributed by atoms with E-state index in [1.54, 1.807) is 0 Å². The molecule has 0 saturated carbocycles. The largest absolute Gasteiger partial charge is 0.375 e. The van der Waals surface area contributed by atoms with Crippen LogP contribution in [0.25, 0.3) is 0 Å². The number of nitrogens with one attached hydrogen (secondary N) is 1. The minimum atomic E-state index is 0.0342. The second-order valence-corrected chi connectivity index (χ2v) is 5.03. The zero-order chi connectivity index (χ0) is 11.8. The lowest BCUT2D eigenvalue weighted by Crippen LogP contribution is -2.61. The van der Waals surface area contributed by atoms with Crippen molar-refractivity contribution in [2.24, 2.45) is 0 Å². The third-order valence-electron chi connectivity index (χ3n) is 3.79. The second kappa shape index (κ2) is 4.19. The third kappa shape index (κ3) is 2.00. The minimum absolute atomic E-state index is 0.0342. The molecule has 2 heteroatoms. The molecule has 1 heterocycles. The van der Waals surface area contributed by atoms with Crippen LogP contribution in [0.1, 0.15) is 22.3 Å². The molecular formula is C14H21NO. The highest BCUT2D eigenvalue weighted by molar-refractivity contribution is 5.37. The van der Waals surface area contributed by atoms with E-state index in [1.807, 2.05) is 7.11 Å². The van der Waals surface area contributed by atoms with Crippen molar-refractivity contribution < 1.29 is 4.74 Å². The Morgan fingerprint density at radius 3 is 2.25 bits per heavy atom. The Morgan fingerprint density at radius 2 is 1.75 bits per heavy atom. The molecule has 16 heavy (non-hydrogen) atoms. The summed E-state index contributed by atoms with van der Waals surface area (Å²) in [5.41, 5.74) is 5.59. The van der Waals surface area contributed by atoms with Crippen LogP contribution in [0.3, 0.4) is 0 Å². The van der Waals surface area contributed by atoms with E-state index >= 15 is 0 Å². The lowest BCUT2D eigenvalue weighted by Gasteiger charge is -2.41. The number of methoxy groups -OCH3 is 1. The Labute approximate surface area is 98.0 Å². The van der Waals surface area contributed by atoms with Crippen LogP contribution >= 0.6 is 0 Å². The fraction of sp³-hybridized carbons (Fsp3) is 0.571. The standard InChI is InChI=1S/C14H21NO/c1-10-5-12(3)13(6-11(10)2)7-14(16-4)8-15-9-14/h5-6,15H,7-9H2,1-4H3. The van der Waals surface area contributed by atoms with Crippen molar-refractivity contribution >= 4 is 0 Å². The summed E-state index contributed by atoms with van der Waals surface area (Å²) in [5.74, 6) is 0. The molecular weight excluding hydrogens is 198 g/mol. The summed E-state index contributed by atoms with van der Waals surface area (Å²) >= 11 is 0. The Balaban J connectivity index is 2.24. The van der Waals surface area contributed by atoms with E-state index < -0.39 is 0 Å². The van der Waals surface area contributed by atoms with Gasteiger partial charge in [0.1, 0.15) is 0 Å². The number of aryl methyl sites for hydroxylation is 3. The van der Waals surface area contributed by atoms with Crippen LogP contribution in [0, 0.1) is 20.8 Å². The van der Waals surface area contributed by atoms with Gasteiger partial charge < -0.3 is 10.1 Å². The lowest BCUT2D eigenvalue weighted by atomic mass is 9.86. The monoisotopic (exact) mass is 219 g/mol. The van der Waals surface area contributed by atoms with Gasteiger partial charge in [0.2, 0.25) is 0 Å². The molecule has 0 radical (unpaired) electrons.